The van der Waals surface area contributed by atoms with E-state index in [0.29, 0.717) is 24.1 Å². The Morgan fingerprint density at radius 2 is 1.73 bits per heavy atom. The molecule has 0 saturated heterocycles. The van der Waals surface area contributed by atoms with Crippen LogP contribution in [0.2, 0.25) is 0 Å². The van der Waals surface area contributed by atoms with Gasteiger partial charge >= 0.3 is 0 Å². The van der Waals surface area contributed by atoms with Gasteiger partial charge in [0.1, 0.15) is 11.6 Å². The highest BCUT2D eigenvalue weighted by Crippen LogP contribution is 2.39. The van der Waals surface area contributed by atoms with Gasteiger partial charge in [-0.05, 0) is 54.0 Å². The first-order valence-corrected chi connectivity index (χ1v) is 11.3. The van der Waals surface area contributed by atoms with Gasteiger partial charge in [-0.3, -0.25) is 4.90 Å². The van der Waals surface area contributed by atoms with Gasteiger partial charge in [0.25, 0.3) is 5.92 Å². The number of fused-ring (bicyclic) bond motifs is 1. The van der Waals surface area contributed by atoms with Crippen LogP contribution < -0.4 is 0 Å². The maximum absolute atomic E-state index is 15.4. The maximum Gasteiger partial charge on any atom is 0.257 e. The lowest BCUT2D eigenvalue weighted by atomic mass is 9.86. The van der Waals surface area contributed by atoms with Gasteiger partial charge in [0.2, 0.25) is 0 Å². The number of alkyl halides is 2. The van der Waals surface area contributed by atoms with Crippen LogP contribution in [-0.2, 0) is 6.42 Å². The first-order chi connectivity index (χ1) is 15.2. The van der Waals surface area contributed by atoms with Crippen molar-refractivity contribution in [1.29, 1.82) is 0 Å². The van der Waals surface area contributed by atoms with Crippen molar-refractivity contribution < 1.29 is 17.6 Å². The standard InChI is InChI=1S/C28H33F4N/c1-18-8-10-22-21(13-18)11-12-33(17-28(6,31)32)26(22)25-23(29)14-20(15-24(25)30)9-7-19(2)16-27(3,4)5/h7-10,13-15,26H,2,11-12,16-17H2,1,3-6H3/b9-7+. The number of rotatable bonds is 6. The molecule has 1 aliphatic rings. The summed E-state index contributed by atoms with van der Waals surface area (Å²) in [6, 6.07) is 7.26. The summed E-state index contributed by atoms with van der Waals surface area (Å²) in [4.78, 5) is 1.49. The van der Waals surface area contributed by atoms with Gasteiger partial charge in [0, 0.05) is 19.0 Å². The molecule has 2 aromatic rings. The van der Waals surface area contributed by atoms with Crippen molar-refractivity contribution in [3.63, 3.8) is 0 Å². The van der Waals surface area contributed by atoms with E-state index in [2.05, 4.69) is 27.4 Å². The van der Waals surface area contributed by atoms with Crippen molar-refractivity contribution in [2.75, 3.05) is 13.1 Å². The predicted octanol–water partition coefficient (Wildman–Crippen LogP) is 7.88. The van der Waals surface area contributed by atoms with Crippen LogP contribution in [0, 0.1) is 24.0 Å². The largest absolute Gasteiger partial charge is 0.286 e. The molecule has 0 fully saturated rings. The summed E-state index contributed by atoms with van der Waals surface area (Å²) in [5, 5.41) is 0. The van der Waals surface area contributed by atoms with Crippen LogP contribution in [-0.4, -0.2) is 23.9 Å². The second kappa shape index (κ2) is 9.46. The Morgan fingerprint density at radius 1 is 1.09 bits per heavy atom. The summed E-state index contributed by atoms with van der Waals surface area (Å²) in [6.45, 7) is 12.8. The molecule has 0 radical (unpaired) electrons. The van der Waals surface area contributed by atoms with E-state index in [0.717, 1.165) is 30.0 Å². The van der Waals surface area contributed by atoms with Crippen LogP contribution in [0.4, 0.5) is 17.6 Å². The molecule has 1 atom stereocenters. The molecular weight excluding hydrogens is 426 g/mol. The van der Waals surface area contributed by atoms with Gasteiger partial charge in [-0.2, -0.15) is 0 Å². The first kappa shape index (κ1) is 25.2. The van der Waals surface area contributed by atoms with Crippen LogP contribution in [0.1, 0.15) is 68.0 Å². The molecule has 1 aliphatic heterocycles. The van der Waals surface area contributed by atoms with E-state index >= 15 is 8.78 Å². The predicted molar refractivity (Wildman–Crippen MR) is 128 cm³/mol. The van der Waals surface area contributed by atoms with Crippen molar-refractivity contribution in [3.8, 4) is 0 Å². The normalized spacial score (nSPS) is 17.4. The van der Waals surface area contributed by atoms with Crippen LogP contribution in [0.15, 0.2) is 48.6 Å². The van der Waals surface area contributed by atoms with Crippen molar-refractivity contribution >= 4 is 6.08 Å². The Morgan fingerprint density at radius 3 is 2.30 bits per heavy atom. The number of nitrogens with zero attached hydrogens (tertiary/aromatic N) is 1. The van der Waals surface area contributed by atoms with Gasteiger partial charge in [-0.15, -0.1) is 0 Å². The fourth-order valence-corrected chi connectivity index (χ4v) is 4.59. The number of benzene rings is 2. The summed E-state index contributed by atoms with van der Waals surface area (Å²) in [5.74, 6) is -4.46. The summed E-state index contributed by atoms with van der Waals surface area (Å²) < 4.78 is 58.6. The molecule has 0 bridgehead atoms. The van der Waals surface area contributed by atoms with Crippen LogP contribution in [0.25, 0.3) is 6.08 Å². The number of hydrogen-bond donors (Lipinski definition) is 0. The van der Waals surface area contributed by atoms with E-state index < -0.39 is 30.1 Å². The number of aryl methyl sites for hydroxylation is 1. The van der Waals surface area contributed by atoms with Crippen molar-refractivity contribution in [2.24, 2.45) is 5.41 Å². The summed E-state index contributed by atoms with van der Waals surface area (Å²) in [6.07, 6.45) is 4.72. The zero-order valence-electron chi connectivity index (χ0n) is 20.1. The molecule has 1 heterocycles. The zero-order valence-corrected chi connectivity index (χ0v) is 20.1. The van der Waals surface area contributed by atoms with Crippen molar-refractivity contribution in [1.82, 2.24) is 4.90 Å². The van der Waals surface area contributed by atoms with E-state index in [9.17, 15) is 8.78 Å². The average molecular weight is 460 g/mol. The molecule has 0 spiro atoms. The third-order valence-electron chi connectivity index (χ3n) is 5.75. The molecule has 0 saturated carbocycles. The van der Waals surface area contributed by atoms with Gasteiger partial charge in [0.05, 0.1) is 12.6 Å². The van der Waals surface area contributed by atoms with E-state index in [4.69, 9.17) is 0 Å². The smallest absolute Gasteiger partial charge is 0.257 e. The van der Waals surface area contributed by atoms with Gasteiger partial charge < -0.3 is 0 Å². The third kappa shape index (κ3) is 6.57. The molecule has 33 heavy (non-hydrogen) atoms. The SMILES string of the molecule is C=C(/C=C/c1cc(F)c(C2c3ccc(C)cc3CCN2CC(C)(F)F)c(F)c1)CC(C)(C)C. The Bertz CT molecular complexity index is 1030. The highest BCUT2D eigenvalue weighted by atomic mass is 19.3. The molecule has 0 amide bonds. The third-order valence-corrected chi connectivity index (χ3v) is 5.75. The topological polar surface area (TPSA) is 3.24 Å². The zero-order chi connectivity index (χ0) is 24.6. The van der Waals surface area contributed by atoms with Gasteiger partial charge in [-0.1, -0.05) is 68.8 Å². The number of halogens is 4. The minimum Gasteiger partial charge on any atom is -0.286 e. The molecule has 0 N–H and O–H groups in total. The fourth-order valence-electron chi connectivity index (χ4n) is 4.59. The van der Waals surface area contributed by atoms with Gasteiger partial charge in [-0.25, -0.2) is 17.6 Å². The molecule has 178 valence electrons. The fraction of sp³-hybridized carbons (Fsp3) is 0.429. The lowest BCUT2D eigenvalue weighted by Crippen LogP contribution is -2.43. The molecule has 3 rings (SSSR count). The minimum atomic E-state index is -2.98. The second-order valence-electron chi connectivity index (χ2n) is 10.5. The molecule has 1 nitrogen and oxygen atoms in total. The monoisotopic (exact) mass is 459 g/mol. The van der Waals surface area contributed by atoms with Crippen LogP contribution in [0.3, 0.4) is 0 Å². The van der Waals surface area contributed by atoms with Gasteiger partial charge in [0.15, 0.2) is 0 Å². The minimum absolute atomic E-state index is 0.0549. The first-order valence-electron chi connectivity index (χ1n) is 11.3. The Hall–Kier alpha value is -2.40. The number of allylic oxidation sites excluding steroid dienone is 2. The van der Waals surface area contributed by atoms with Crippen LogP contribution in [0.5, 0.6) is 0 Å². The van der Waals surface area contributed by atoms with E-state index in [1.807, 2.05) is 19.1 Å². The van der Waals surface area contributed by atoms with E-state index in [1.165, 1.54) is 17.0 Å². The average Bonchev–Trinajstić information content (AvgIpc) is 2.64. The second-order valence-corrected chi connectivity index (χ2v) is 10.5. The highest BCUT2D eigenvalue weighted by molar-refractivity contribution is 5.55. The van der Waals surface area contributed by atoms with E-state index in [1.54, 1.807) is 18.2 Å². The molecule has 5 heteroatoms. The molecule has 2 aromatic carbocycles. The van der Waals surface area contributed by atoms with Crippen molar-refractivity contribution in [2.45, 2.75) is 59.4 Å². The Balaban J connectivity index is 2.01. The Kier molecular flexibility index (Phi) is 7.23. The molecule has 0 aromatic heterocycles. The number of hydrogen-bond acceptors (Lipinski definition) is 1. The van der Waals surface area contributed by atoms with E-state index in [-0.39, 0.29) is 11.0 Å². The summed E-state index contributed by atoms with van der Waals surface area (Å²) in [5.41, 5.74) is 3.75. The molecule has 1 unspecified atom stereocenters. The Labute approximate surface area is 194 Å². The maximum atomic E-state index is 15.4. The lowest BCUT2D eigenvalue weighted by Gasteiger charge is -2.39. The van der Waals surface area contributed by atoms with Crippen molar-refractivity contribution in [3.05, 3.63) is 88.0 Å². The molecular formula is C28H33F4N. The summed E-state index contributed by atoms with van der Waals surface area (Å²) in [7, 11) is 0. The van der Waals surface area contributed by atoms with Crippen LogP contribution >= 0.6 is 0 Å². The lowest BCUT2D eigenvalue weighted by molar-refractivity contribution is -0.0245. The highest BCUT2D eigenvalue weighted by Gasteiger charge is 2.37. The summed E-state index contributed by atoms with van der Waals surface area (Å²) >= 11 is 0. The molecule has 0 aliphatic carbocycles. The quantitative estimate of drug-likeness (QED) is 0.314.